The molecule has 8 nitrogen and oxygen atoms in total. The Bertz CT molecular complexity index is 900. The molecule has 3 N–H and O–H groups in total. The van der Waals surface area contributed by atoms with Crippen LogP contribution in [0.2, 0.25) is 0 Å². The molecule has 9 heteroatoms. The number of anilines is 1. The van der Waals surface area contributed by atoms with Crippen LogP contribution in [-0.4, -0.2) is 44.0 Å². The summed E-state index contributed by atoms with van der Waals surface area (Å²) < 4.78 is 1.78. The van der Waals surface area contributed by atoms with Gasteiger partial charge in [-0.15, -0.1) is 12.4 Å². The number of hydrogen-bond acceptors (Lipinski definition) is 5. The summed E-state index contributed by atoms with van der Waals surface area (Å²) in [4.78, 5) is 17.5. The molecule has 142 valence electrons. The van der Waals surface area contributed by atoms with Crippen LogP contribution in [0.4, 0.5) is 5.69 Å². The second kappa shape index (κ2) is 7.89. The predicted molar refractivity (Wildman–Crippen MR) is 105 cm³/mol. The molecule has 0 unspecified atom stereocenters. The molecule has 27 heavy (non-hydrogen) atoms. The Hall–Kier alpha value is -2.71. The van der Waals surface area contributed by atoms with Crippen LogP contribution in [0, 0.1) is 6.92 Å². The highest BCUT2D eigenvalue weighted by Crippen LogP contribution is 2.29. The van der Waals surface area contributed by atoms with Crippen molar-refractivity contribution in [2.24, 2.45) is 0 Å². The average molecular weight is 388 g/mol. The van der Waals surface area contributed by atoms with Gasteiger partial charge in [0.15, 0.2) is 5.82 Å². The molecule has 0 bridgehead atoms. The van der Waals surface area contributed by atoms with Crippen LogP contribution >= 0.6 is 12.4 Å². The van der Waals surface area contributed by atoms with Crippen molar-refractivity contribution in [1.82, 2.24) is 30.3 Å². The van der Waals surface area contributed by atoms with Crippen molar-refractivity contribution in [2.45, 2.75) is 25.3 Å². The smallest absolute Gasteiger partial charge is 0.252 e. The number of halogens is 1. The fourth-order valence-electron chi connectivity index (χ4n) is 3.38. The summed E-state index contributed by atoms with van der Waals surface area (Å²) in [5.74, 6) is 1.31. The molecule has 1 fully saturated rings. The Kier molecular flexibility index (Phi) is 5.57. The van der Waals surface area contributed by atoms with Crippen LogP contribution in [0.5, 0.6) is 0 Å². The highest BCUT2D eigenvalue weighted by molar-refractivity contribution is 5.97. The molecule has 1 aromatic carbocycles. The largest absolute Gasteiger partial charge is 0.324 e. The van der Waals surface area contributed by atoms with Crippen molar-refractivity contribution in [3.8, 4) is 11.4 Å². The van der Waals surface area contributed by atoms with Crippen LogP contribution in [0.1, 0.15) is 18.7 Å². The Morgan fingerprint density at radius 3 is 2.74 bits per heavy atom. The molecule has 0 spiro atoms. The maximum Gasteiger partial charge on any atom is 0.252 e. The monoisotopic (exact) mass is 387 g/mol. The van der Waals surface area contributed by atoms with Crippen molar-refractivity contribution in [1.29, 1.82) is 0 Å². The first kappa shape index (κ1) is 19.1. The van der Waals surface area contributed by atoms with Gasteiger partial charge in [-0.25, -0.2) is 4.98 Å². The van der Waals surface area contributed by atoms with Gasteiger partial charge in [0.05, 0.1) is 0 Å². The van der Waals surface area contributed by atoms with Gasteiger partial charge >= 0.3 is 0 Å². The van der Waals surface area contributed by atoms with E-state index in [1.54, 1.807) is 10.9 Å². The molecule has 1 saturated heterocycles. The molecule has 2 aromatic heterocycles. The lowest BCUT2D eigenvalue weighted by Crippen LogP contribution is -2.52. The number of benzene rings is 1. The molecule has 1 amide bonds. The van der Waals surface area contributed by atoms with Crippen molar-refractivity contribution >= 4 is 24.0 Å². The number of aryl methyl sites for hydroxylation is 1. The van der Waals surface area contributed by atoms with Gasteiger partial charge in [-0.3, -0.25) is 14.6 Å². The fourth-order valence-corrected chi connectivity index (χ4v) is 3.38. The quantitative estimate of drug-likeness (QED) is 0.636. The lowest BCUT2D eigenvalue weighted by molar-refractivity contribution is -0.126. The molecular weight excluding hydrogens is 366 g/mol. The van der Waals surface area contributed by atoms with E-state index in [2.05, 4.69) is 30.9 Å². The number of carbonyl (C=O) groups is 1. The fraction of sp³-hybridized carbons (Fsp3) is 0.333. The van der Waals surface area contributed by atoms with E-state index >= 15 is 0 Å². The molecule has 3 heterocycles. The van der Waals surface area contributed by atoms with Gasteiger partial charge in [0.2, 0.25) is 0 Å². The molecule has 1 aliphatic rings. The zero-order valence-electron chi connectivity index (χ0n) is 15.0. The second-order valence-corrected chi connectivity index (χ2v) is 6.51. The first-order valence-electron chi connectivity index (χ1n) is 8.69. The maximum atomic E-state index is 13.2. The van der Waals surface area contributed by atoms with Gasteiger partial charge < -0.3 is 10.6 Å². The van der Waals surface area contributed by atoms with E-state index in [1.165, 1.54) is 0 Å². The van der Waals surface area contributed by atoms with Crippen LogP contribution < -0.4 is 10.6 Å². The van der Waals surface area contributed by atoms with Gasteiger partial charge in [-0.1, -0.05) is 12.1 Å². The van der Waals surface area contributed by atoms with E-state index in [-0.39, 0.29) is 18.3 Å². The van der Waals surface area contributed by atoms with Crippen LogP contribution in [0.3, 0.4) is 0 Å². The predicted octanol–water partition coefficient (Wildman–Crippen LogP) is 2.12. The van der Waals surface area contributed by atoms with Gasteiger partial charge in [0.1, 0.15) is 11.4 Å². The summed E-state index contributed by atoms with van der Waals surface area (Å²) in [6.45, 7) is 3.42. The minimum atomic E-state index is -0.675. The van der Waals surface area contributed by atoms with E-state index < -0.39 is 5.54 Å². The third-order valence-corrected chi connectivity index (χ3v) is 4.77. The topological polar surface area (TPSA) is 101 Å². The Morgan fingerprint density at radius 2 is 2.07 bits per heavy atom. The summed E-state index contributed by atoms with van der Waals surface area (Å²) in [5, 5.41) is 17.7. The standard InChI is InChI=1S/C18H21N7O.ClH/c1-13-21-16(24-23-13)14-4-2-5-15(12-14)22-17(26)18(6-9-19-10-7-18)25-11-3-8-20-25;/h2-5,8,11-12,19H,6-7,9-10H2,1H3,(H,22,26)(H,21,23,24);1H. The van der Waals surface area contributed by atoms with E-state index in [0.29, 0.717) is 18.7 Å². The van der Waals surface area contributed by atoms with Gasteiger partial charge in [0.25, 0.3) is 5.91 Å². The minimum absolute atomic E-state index is 0. The van der Waals surface area contributed by atoms with E-state index in [1.807, 2.05) is 43.5 Å². The lowest BCUT2D eigenvalue weighted by atomic mass is 9.87. The Morgan fingerprint density at radius 1 is 1.26 bits per heavy atom. The molecule has 0 radical (unpaired) electrons. The summed E-state index contributed by atoms with van der Waals surface area (Å²) >= 11 is 0. The first-order chi connectivity index (χ1) is 12.7. The summed E-state index contributed by atoms with van der Waals surface area (Å²) in [5.41, 5.74) is 0.900. The third kappa shape index (κ3) is 3.72. The zero-order chi connectivity index (χ0) is 18.0. The normalized spacial score (nSPS) is 15.7. The molecular formula is C18H22ClN7O. The number of amides is 1. The van der Waals surface area contributed by atoms with Crippen molar-refractivity contribution in [3.63, 3.8) is 0 Å². The number of rotatable bonds is 4. The average Bonchev–Trinajstić information content (AvgIpc) is 3.34. The third-order valence-electron chi connectivity index (χ3n) is 4.77. The second-order valence-electron chi connectivity index (χ2n) is 6.51. The van der Waals surface area contributed by atoms with Crippen molar-refractivity contribution in [2.75, 3.05) is 18.4 Å². The number of nitrogens with zero attached hydrogens (tertiary/aromatic N) is 4. The molecule has 0 aliphatic carbocycles. The van der Waals surface area contributed by atoms with Crippen LogP contribution in [0.25, 0.3) is 11.4 Å². The highest BCUT2D eigenvalue weighted by atomic mass is 35.5. The number of hydrogen-bond donors (Lipinski definition) is 3. The van der Waals surface area contributed by atoms with E-state index in [9.17, 15) is 4.79 Å². The Balaban J connectivity index is 0.00000210. The first-order valence-corrected chi connectivity index (χ1v) is 8.69. The number of aromatic amines is 1. The number of H-pyrrole nitrogens is 1. The van der Waals surface area contributed by atoms with Gasteiger partial charge in [-0.05, 0) is 51.1 Å². The molecule has 0 atom stereocenters. The summed E-state index contributed by atoms with van der Waals surface area (Å²) in [7, 11) is 0. The van der Waals surface area contributed by atoms with E-state index in [4.69, 9.17) is 0 Å². The van der Waals surface area contributed by atoms with Crippen molar-refractivity contribution in [3.05, 3.63) is 48.5 Å². The molecule has 1 aliphatic heterocycles. The summed E-state index contributed by atoms with van der Waals surface area (Å²) in [6.07, 6.45) is 4.96. The molecule has 0 saturated carbocycles. The number of carbonyl (C=O) groups excluding carboxylic acids is 1. The maximum absolute atomic E-state index is 13.2. The van der Waals surface area contributed by atoms with Crippen LogP contribution in [0.15, 0.2) is 42.7 Å². The van der Waals surface area contributed by atoms with E-state index in [0.717, 1.165) is 30.2 Å². The van der Waals surface area contributed by atoms with Gasteiger partial charge in [0, 0.05) is 23.6 Å². The summed E-state index contributed by atoms with van der Waals surface area (Å²) in [6, 6.07) is 9.42. The molecule has 4 rings (SSSR count). The van der Waals surface area contributed by atoms with Gasteiger partial charge in [-0.2, -0.15) is 10.2 Å². The zero-order valence-corrected chi connectivity index (χ0v) is 15.8. The Labute approximate surface area is 163 Å². The van der Waals surface area contributed by atoms with Crippen LogP contribution in [-0.2, 0) is 10.3 Å². The lowest BCUT2D eigenvalue weighted by Gasteiger charge is -2.36. The number of aromatic nitrogens is 5. The molecule has 3 aromatic rings. The highest BCUT2D eigenvalue weighted by Gasteiger charge is 2.42. The van der Waals surface area contributed by atoms with Crippen molar-refractivity contribution < 1.29 is 4.79 Å². The number of nitrogens with one attached hydrogen (secondary N) is 3. The SMILES string of the molecule is Cc1nc(-c2cccc(NC(=O)C3(n4cccn4)CCNCC3)c2)n[nH]1.Cl. The minimum Gasteiger partial charge on any atom is -0.324 e. The number of piperidine rings is 1.